The lowest BCUT2D eigenvalue weighted by molar-refractivity contribution is -0.249. The fourth-order valence-corrected chi connectivity index (χ4v) is 2.89. The lowest BCUT2D eigenvalue weighted by atomic mass is 9.67. The largest absolute Gasteiger partial charge is 0.430 e. The van der Waals surface area contributed by atoms with Gasteiger partial charge in [0.1, 0.15) is 0 Å². The summed E-state index contributed by atoms with van der Waals surface area (Å²) >= 11 is 0. The molecule has 0 heterocycles. The van der Waals surface area contributed by atoms with Gasteiger partial charge in [-0.15, -0.1) is 6.58 Å². The van der Waals surface area contributed by atoms with Crippen molar-refractivity contribution in [3.8, 4) is 0 Å². The molecule has 0 aromatic rings. The van der Waals surface area contributed by atoms with Gasteiger partial charge in [0, 0.05) is 5.41 Å². The van der Waals surface area contributed by atoms with Crippen molar-refractivity contribution in [3.63, 3.8) is 0 Å². The smallest absolute Gasteiger partial charge is 0.290 e. The van der Waals surface area contributed by atoms with Crippen molar-refractivity contribution in [2.45, 2.75) is 64.7 Å². The van der Waals surface area contributed by atoms with E-state index in [1.807, 2.05) is 13.8 Å². The molecule has 5 heteroatoms. The lowest BCUT2D eigenvalue weighted by Gasteiger charge is -2.41. The molecule has 0 bridgehead atoms. The second-order valence-electron chi connectivity index (χ2n) is 6.55. The maximum atomic E-state index is 15.3. The maximum Gasteiger partial charge on any atom is 0.430 e. The molecule has 0 saturated heterocycles. The first-order valence-corrected chi connectivity index (χ1v) is 7.76. The maximum absolute atomic E-state index is 15.3. The minimum atomic E-state index is -5.29. The second kappa shape index (κ2) is 7.02. The molecule has 0 N–H and O–H groups in total. The zero-order chi connectivity index (χ0) is 17.9. The number of allylic oxidation sites excluding steroid dienone is 5. The molecule has 0 aromatic carbocycles. The van der Waals surface area contributed by atoms with Crippen molar-refractivity contribution in [2.75, 3.05) is 0 Å². The first-order chi connectivity index (χ1) is 10.5. The normalized spacial score (nSPS) is 20.2. The highest BCUT2D eigenvalue weighted by Crippen LogP contribution is 2.52. The Labute approximate surface area is 135 Å². The molecule has 2 atom stereocenters. The van der Waals surface area contributed by atoms with Crippen LogP contribution in [0.5, 0.6) is 0 Å². The monoisotopic (exact) mass is 332 g/mol. The molecule has 1 rings (SSSR count). The molecule has 1 aliphatic rings. The van der Waals surface area contributed by atoms with Crippen LogP contribution in [0.1, 0.15) is 52.9 Å². The van der Waals surface area contributed by atoms with Crippen LogP contribution in [0, 0.1) is 5.41 Å². The van der Waals surface area contributed by atoms with E-state index in [0.717, 1.165) is 18.6 Å². The zero-order valence-corrected chi connectivity index (χ0v) is 13.9. The van der Waals surface area contributed by atoms with Gasteiger partial charge in [0.05, 0.1) is 0 Å². The number of rotatable bonds is 7. The van der Waals surface area contributed by atoms with E-state index in [0.29, 0.717) is 12.8 Å². The Kier molecular flexibility index (Phi) is 6.00. The van der Waals surface area contributed by atoms with Crippen molar-refractivity contribution >= 4 is 5.78 Å². The number of hydrogen-bond acceptors (Lipinski definition) is 1. The van der Waals surface area contributed by atoms with Gasteiger partial charge in [-0.1, -0.05) is 30.7 Å². The van der Waals surface area contributed by atoms with Crippen LogP contribution in [-0.2, 0) is 4.79 Å². The standard InChI is InChI=1S/C18H24F4O/c1-5-16(4,12-8-9-13(2)3)17(19,18(20,21)22)15(23)14-10-6-7-11-14/h5,9-10H,1,6-8,11-12H2,2-4H3. The molecule has 23 heavy (non-hydrogen) atoms. The highest BCUT2D eigenvalue weighted by Gasteiger charge is 2.69. The van der Waals surface area contributed by atoms with E-state index in [2.05, 4.69) is 6.58 Å². The van der Waals surface area contributed by atoms with Crippen molar-refractivity contribution in [3.05, 3.63) is 36.0 Å². The number of alkyl halides is 4. The SMILES string of the molecule is C=CC(C)(CCC=C(C)C)C(F)(C(=O)C1=CCCC1)C(F)(F)F. The summed E-state index contributed by atoms with van der Waals surface area (Å²) in [4.78, 5) is 12.4. The molecule has 0 aromatic heterocycles. The molecule has 0 amide bonds. The zero-order valence-electron chi connectivity index (χ0n) is 13.9. The molecule has 2 unspecified atom stereocenters. The fraction of sp³-hybridized carbons (Fsp3) is 0.611. The van der Waals surface area contributed by atoms with Gasteiger partial charge in [-0.3, -0.25) is 4.79 Å². The van der Waals surface area contributed by atoms with Gasteiger partial charge in [-0.2, -0.15) is 13.2 Å². The third-order valence-corrected chi connectivity index (χ3v) is 4.49. The van der Waals surface area contributed by atoms with Gasteiger partial charge in [-0.25, -0.2) is 4.39 Å². The molecule has 0 radical (unpaired) electrons. The van der Waals surface area contributed by atoms with Gasteiger partial charge in [0.15, 0.2) is 0 Å². The molecule has 130 valence electrons. The summed E-state index contributed by atoms with van der Waals surface area (Å²) in [5, 5.41) is 0. The van der Waals surface area contributed by atoms with Gasteiger partial charge < -0.3 is 0 Å². The Morgan fingerprint density at radius 1 is 1.30 bits per heavy atom. The molecule has 0 aliphatic heterocycles. The van der Waals surface area contributed by atoms with Crippen LogP contribution >= 0.6 is 0 Å². The topological polar surface area (TPSA) is 17.1 Å². The van der Waals surface area contributed by atoms with Crippen molar-refractivity contribution in [1.29, 1.82) is 0 Å². The van der Waals surface area contributed by atoms with Crippen LogP contribution < -0.4 is 0 Å². The first kappa shape index (κ1) is 19.7. The Balaban J connectivity index is 3.28. The Morgan fingerprint density at radius 2 is 1.91 bits per heavy atom. The molecular formula is C18H24F4O. The van der Waals surface area contributed by atoms with Crippen LogP contribution in [0.3, 0.4) is 0 Å². The van der Waals surface area contributed by atoms with E-state index in [-0.39, 0.29) is 24.8 Å². The van der Waals surface area contributed by atoms with Gasteiger partial charge in [-0.05, 0) is 51.5 Å². The number of carbonyl (C=O) groups excluding carboxylic acids is 1. The molecule has 0 spiro atoms. The summed E-state index contributed by atoms with van der Waals surface area (Å²) in [7, 11) is 0. The van der Waals surface area contributed by atoms with Crippen molar-refractivity contribution in [1.82, 2.24) is 0 Å². The number of carbonyl (C=O) groups is 1. The number of hydrogen-bond donors (Lipinski definition) is 0. The highest BCUT2D eigenvalue weighted by molar-refractivity contribution is 6.03. The first-order valence-electron chi connectivity index (χ1n) is 7.76. The third kappa shape index (κ3) is 3.75. The van der Waals surface area contributed by atoms with E-state index in [9.17, 15) is 18.0 Å². The Bertz CT molecular complexity index is 526. The van der Waals surface area contributed by atoms with E-state index in [1.165, 1.54) is 6.08 Å². The van der Waals surface area contributed by atoms with Crippen LogP contribution in [0.25, 0.3) is 0 Å². The third-order valence-electron chi connectivity index (χ3n) is 4.49. The van der Waals surface area contributed by atoms with E-state index >= 15 is 4.39 Å². The second-order valence-corrected chi connectivity index (χ2v) is 6.55. The van der Waals surface area contributed by atoms with Crippen LogP contribution in [-0.4, -0.2) is 17.6 Å². The average molecular weight is 332 g/mol. The fourth-order valence-electron chi connectivity index (χ4n) is 2.89. The quantitative estimate of drug-likeness (QED) is 0.420. The minimum Gasteiger partial charge on any atom is -0.290 e. The van der Waals surface area contributed by atoms with Crippen molar-refractivity contribution in [2.24, 2.45) is 5.41 Å². The minimum absolute atomic E-state index is 0.0554. The number of Topliss-reactive ketones (excluding diaryl/α,β-unsaturated/α-hetero) is 1. The molecule has 1 nitrogen and oxygen atoms in total. The molecule has 0 saturated carbocycles. The van der Waals surface area contributed by atoms with E-state index in [4.69, 9.17) is 0 Å². The molecule has 1 aliphatic carbocycles. The molecular weight excluding hydrogens is 308 g/mol. The summed E-state index contributed by atoms with van der Waals surface area (Å²) in [6.45, 7) is 8.13. The van der Waals surface area contributed by atoms with Crippen molar-refractivity contribution < 1.29 is 22.4 Å². The predicted octanol–water partition coefficient (Wildman–Crippen LogP) is 5.88. The number of ketones is 1. The Morgan fingerprint density at radius 3 is 2.30 bits per heavy atom. The number of halogens is 4. The van der Waals surface area contributed by atoms with E-state index in [1.54, 1.807) is 6.08 Å². The summed E-state index contributed by atoms with van der Waals surface area (Å²) in [6, 6.07) is 0. The van der Waals surface area contributed by atoms with Gasteiger partial charge >= 0.3 is 6.18 Å². The predicted molar refractivity (Wildman–Crippen MR) is 83.8 cm³/mol. The average Bonchev–Trinajstić information content (AvgIpc) is 2.97. The summed E-state index contributed by atoms with van der Waals surface area (Å²) in [5.41, 5.74) is -5.09. The van der Waals surface area contributed by atoms with Crippen LogP contribution in [0.4, 0.5) is 17.6 Å². The lowest BCUT2D eigenvalue weighted by Crippen LogP contribution is -2.59. The van der Waals surface area contributed by atoms with Crippen LogP contribution in [0.2, 0.25) is 0 Å². The van der Waals surface area contributed by atoms with E-state index < -0.39 is 23.0 Å². The van der Waals surface area contributed by atoms with Gasteiger partial charge in [0.2, 0.25) is 5.78 Å². The summed E-state index contributed by atoms with van der Waals surface area (Å²) in [5.74, 6) is -1.46. The highest BCUT2D eigenvalue weighted by atomic mass is 19.4. The van der Waals surface area contributed by atoms with Crippen LogP contribution in [0.15, 0.2) is 36.0 Å². The summed E-state index contributed by atoms with van der Waals surface area (Å²) < 4.78 is 56.1. The molecule has 0 fully saturated rings. The Hall–Kier alpha value is -1.39. The van der Waals surface area contributed by atoms with Gasteiger partial charge in [0.25, 0.3) is 5.67 Å². The summed E-state index contributed by atoms with van der Waals surface area (Å²) in [6.07, 6.45) is 0.195.